The van der Waals surface area contributed by atoms with E-state index in [2.05, 4.69) is 32.8 Å². The molecule has 0 fully saturated rings. The Morgan fingerprint density at radius 2 is 2.14 bits per heavy atom. The van der Waals surface area contributed by atoms with E-state index in [1.54, 1.807) is 7.11 Å². The van der Waals surface area contributed by atoms with Crippen molar-refractivity contribution >= 4 is 21.6 Å². The first kappa shape index (κ1) is 16.5. The number of nitrogens with zero attached hydrogens (tertiary/aromatic N) is 1. The van der Waals surface area contributed by atoms with E-state index in [4.69, 9.17) is 4.74 Å². The molecule has 116 valence electrons. The standard InChI is InChI=1S/C17H18BrFN2O/c1-3-4-5-16(17-15(18)10-12(19)11-20-17)21-13-6-8-14(22-2)9-7-13/h3,6-11,16,21H,1,4-5H2,2H3/t16-/m1/s1. The van der Waals surface area contributed by atoms with Gasteiger partial charge in [0.1, 0.15) is 11.6 Å². The fraction of sp³-hybridized carbons (Fsp3) is 0.235. The van der Waals surface area contributed by atoms with Crippen molar-refractivity contribution in [2.75, 3.05) is 12.4 Å². The van der Waals surface area contributed by atoms with E-state index < -0.39 is 0 Å². The molecule has 5 heteroatoms. The summed E-state index contributed by atoms with van der Waals surface area (Å²) >= 11 is 3.39. The number of halogens is 2. The smallest absolute Gasteiger partial charge is 0.142 e. The van der Waals surface area contributed by atoms with Crippen LogP contribution in [0.1, 0.15) is 24.6 Å². The fourth-order valence-electron chi connectivity index (χ4n) is 2.13. The van der Waals surface area contributed by atoms with Crippen LogP contribution in [0, 0.1) is 5.82 Å². The molecule has 0 unspecified atom stereocenters. The maximum atomic E-state index is 13.2. The summed E-state index contributed by atoms with van der Waals surface area (Å²) in [5.74, 6) is 0.442. The molecular formula is C17H18BrFN2O. The molecule has 0 saturated heterocycles. The van der Waals surface area contributed by atoms with E-state index in [1.807, 2.05) is 30.3 Å². The average molecular weight is 365 g/mol. The number of benzene rings is 1. The quantitative estimate of drug-likeness (QED) is 0.693. The van der Waals surface area contributed by atoms with Gasteiger partial charge in [-0.15, -0.1) is 6.58 Å². The zero-order chi connectivity index (χ0) is 15.9. The molecule has 1 N–H and O–H groups in total. The summed E-state index contributed by atoms with van der Waals surface area (Å²) in [5.41, 5.74) is 1.73. The summed E-state index contributed by atoms with van der Waals surface area (Å²) in [4.78, 5) is 4.22. The molecule has 0 aliphatic rings. The van der Waals surface area contributed by atoms with Crippen LogP contribution in [0.3, 0.4) is 0 Å². The van der Waals surface area contributed by atoms with Crippen LogP contribution in [0.2, 0.25) is 0 Å². The molecule has 0 spiro atoms. The van der Waals surface area contributed by atoms with Crippen molar-refractivity contribution < 1.29 is 9.13 Å². The Labute approximate surface area is 138 Å². The number of hydrogen-bond acceptors (Lipinski definition) is 3. The lowest BCUT2D eigenvalue weighted by atomic mass is 10.1. The van der Waals surface area contributed by atoms with E-state index >= 15 is 0 Å². The van der Waals surface area contributed by atoms with Gasteiger partial charge in [-0.05, 0) is 59.1 Å². The Morgan fingerprint density at radius 3 is 2.73 bits per heavy atom. The first-order valence-corrected chi connectivity index (χ1v) is 7.75. The van der Waals surface area contributed by atoms with E-state index in [0.29, 0.717) is 4.47 Å². The van der Waals surface area contributed by atoms with Gasteiger partial charge in [-0.1, -0.05) is 6.08 Å². The predicted octanol–water partition coefficient (Wildman–Crippen LogP) is 5.11. The maximum absolute atomic E-state index is 13.2. The first-order valence-electron chi connectivity index (χ1n) is 6.96. The molecule has 0 saturated carbocycles. The van der Waals surface area contributed by atoms with Gasteiger partial charge in [0, 0.05) is 10.2 Å². The van der Waals surface area contributed by atoms with Crippen molar-refractivity contribution in [3.63, 3.8) is 0 Å². The van der Waals surface area contributed by atoms with Crippen LogP contribution in [0.25, 0.3) is 0 Å². The van der Waals surface area contributed by atoms with E-state index in [-0.39, 0.29) is 11.9 Å². The summed E-state index contributed by atoms with van der Waals surface area (Å²) in [6.45, 7) is 3.76. The lowest BCUT2D eigenvalue weighted by Crippen LogP contribution is -2.13. The van der Waals surface area contributed by atoms with Gasteiger partial charge in [0.25, 0.3) is 0 Å². The lowest BCUT2D eigenvalue weighted by Gasteiger charge is -2.20. The fourth-order valence-corrected chi connectivity index (χ4v) is 2.73. The molecule has 0 amide bonds. The largest absolute Gasteiger partial charge is 0.497 e. The van der Waals surface area contributed by atoms with E-state index in [9.17, 15) is 4.39 Å². The third kappa shape index (κ3) is 4.31. The number of methoxy groups -OCH3 is 1. The van der Waals surface area contributed by atoms with E-state index in [0.717, 1.165) is 30.0 Å². The minimum atomic E-state index is -0.359. The number of nitrogens with one attached hydrogen (secondary N) is 1. The topological polar surface area (TPSA) is 34.1 Å². The molecule has 22 heavy (non-hydrogen) atoms. The number of ether oxygens (including phenoxy) is 1. The van der Waals surface area contributed by atoms with Gasteiger partial charge in [0.2, 0.25) is 0 Å². The first-order chi connectivity index (χ1) is 10.6. The normalized spacial score (nSPS) is 11.8. The molecule has 3 nitrogen and oxygen atoms in total. The molecule has 2 aromatic rings. The van der Waals surface area contributed by atoms with Crippen LogP contribution < -0.4 is 10.1 Å². The van der Waals surface area contributed by atoms with Crippen LogP contribution in [0.5, 0.6) is 5.75 Å². The van der Waals surface area contributed by atoms with Crippen molar-refractivity contribution in [3.05, 3.63) is 65.2 Å². The third-order valence-corrected chi connectivity index (χ3v) is 3.89. The van der Waals surface area contributed by atoms with Crippen molar-refractivity contribution in [2.45, 2.75) is 18.9 Å². The molecule has 0 radical (unpaired) electrons. The second-order valence-electron chi connectivity index (χ2n) is 4.81. The highest BCUT2D eigenvalue weighted by Crippen LogP contribution is 2.29. The molecule has 1 atom stereocenters. The third-order valence-electron chi connectivity index (χ3n) is 3.26. The van der Waals surface area contributed by atoms with Gasteiger partial charge >= 0.3 is 0 Å². The summed E-state index contributed by atoms with van der Waals surface area (Å²) in [6.07, 6.45) is 4.74. The van der Waals surface area contributed by atoms with Crippen LogP contribution >= 0.6 is 15.9 Å². The number of aromatic nitrogens is 1. The molecular weight excluding hydrogens is 347 g/mol. The molecule has 0 aliphatic carbocycles. The number of anilines is 1. The van der Waals surface area contributed by atoms with Gasteiger partial charge in [0.05, 0.1) is 25.0 Å². The molecule has 1 aromatic carbocycles. The SMILES string of the molecule is C=CCC[C@@H](Nc1ccc(OC)cc1)c1ncc(F)cc1Br. The van der Waals surface area contributed by atoms with Crippen molar-refractivity contribution in [1.82, 2.24) is 4.98 Å². The lowest BCUT2D eigenvalue weighted by molar-refractivity contribution is 0.415. The maximum Gasteiger partial charge on any atom is 0.142 e. The van der Waals surface area contributed by atoms with Gasteiger partial charge < -0.3 is 10.1 Å². The van der Waals surface area contributed by atoms with Crippen LogP contribution in [0.4, 0.5) is 10.1 Å². The summed E-state index contributed by atoms with van der Waals surface area (Å²) < 4.78 is 19.0. The van der Waals surface area contributed by atoms with E-state index in [1.165, 1.54) is 12.3 Å². The Kier molecular flexibility index (Phi) is 5.95. The Hall–Kier alpha value is -1.88. The highest BCUT2D eigenvalue weighted by atomic mass is 79.9. The highest BCUT2D eigenvalue weighted by molar-refractivity contribution is 9.10. The van der Waals surface area contributed by atoms with Gasteiger partial charge in [-0.2, -0.15) is 0 Å². The summed E-state index contributed by atoms with van der Waals surface area (Å²) in [6, 6.07) is 9.05. The second-order valence-corrected chi connectivity index (χ2v) is 5.67. The zero-order valence-corrected chi connectivity index (χ0v) is 13.9. The van der Waals surface area contributed by atoms with Gasteiger partial charge in [-0.25, -0.2) is 4.39 Å². The molecule has 0 aliphatic heterocycles. The van der Waals surface area contributed by atoms with Crippen molar-refractivity contribution in [1.29, 1.82) is 0 Å². The monoisotopic (exact) mass is 364 g/mol. The van der Waals surface area contributed by atoms with Crippen molar-refractivity contribution in [3.8, 4) is 5.75 Å². The molecule has 1 aromatic heterocycles. The molecule has 1 heterocycles. The van der Waals surface area contributed by atoms with Crippen LogP contribution in [-0.4, -0.2) is 12.1 Å². The number of hydrogen-bond donors (Lipinski definition) is 1. The van der Waals surface area contributed by atoms with Crippen LogP contribution in [0.15, 0.2) is 53.7 Å². The van der Waals surface area contributed by atoms with Gasteiger partial charge in [-0.3, -0.25) is 4.98 Å². The number of pyridine rings is 1. The molecule has 2 rings (SSSR count). The minimum Gasteiger partial charge on any atom is -0.497 e. The Morgan fingerprint density at radius 1 is 1.41 bits per heavy atom. The highest BCUT2D eigenvalue weighted by Gasteiger charge is 2.16. The van der Waals surface area contributed by atoms with Crippen LogP contribution in [-0.2, 0) is 0 Å². The number of rotatable bonds is 7. The molecule has 0 bridgehead atoms. The summed E-state index contributed by atoms with van der Waals surface area (Å²) in [7, 11) is 1.63. The Balaban J connectivity index is 2.22. The summed E-state index contributed by atoms with van der Waals surface area (Å²) in [5, 5.41) is 3.42. The average Bonchev–Trinajstić information content (AvgIpc) is 2.52. The minimum absolute atomic E-state index is 0.0404. The Bertz CT molecular complexity index is 631. The second kappa shape index (κ2) is 7.94. The zero-order valence-electron chi connectivity index (χ0n) is 12.4. The van der Waals surface area contributed by atoms with Gasteiger partial charge in [0.15, 0.2) is 0 Å². The van der Waals surface area contributed by atoms with Crippen molar-refractivity contribution in [2.24, 2.45) is 0 Å². The number of allylic oxidation sites excluding steroid dienone is 1. The predicted molar refractivity (Wildman–Crippen MR) is 90.7 cm³/mol.